The Morgan fingerprint density at radius 1 is 1.19 bits per heavy atom. The lowest BCUT2D eigenvalue weighted by atomic mass is 9.86. The quantitative estimate of drug-likeness (QED) is 0.909. The predicted octanol–water partition coefficient (Wildman–Crippen LogP) is 3.61. The molecule has 3 heteroatoms. The molecule has 114 valence electrons. The van der Waals surface area contributed by atoms with Gasteiger partial charge in [0.2, 0.25) is 0 Å². The van der Waals surface area contributed by atoms with Gasteiger partial charge in [-0.05, 0) is 35.1 Å². The standard InChI is InChI=1S/C18H27N3/c1-6-19-17(11-14-12-20-21(5)13-14)15-7-9-16(10-8-15)18(2,3)4/h7-10,12-13,17,19H,6,11H2,1-5H3. The maximum atomic E-state index is 4.26. The Kier molecular flexibility index (Phi) is 4.84. The van der Waals surface area contributed by atoms with Crippen LogP contribution in [-0.4, -0.2) is 16.3 Å². The lowest BCUT2D eigenvalue weighted by Crippen LogP contribution is -2.23. The largest absolute Gasteiger partial charge is 0.310 e. The SMILES string of the molecule is CCNC(Cc1cnn(C)c1)c1ccc(C(C)(C)C)cc1. The highest BCUT2D eigenvalue weighted by Crippen LogP contribution is 2.25. The summed E-state index contributed by atoms with van der Waals surface area (Å²) in [6, 6.07) is 9.36. The number of aromatic nitrogens is 2. The molecule has 1 heterocycles. The molecule has 21 heavy (non-hydrogen) atoms. The van der Waals surface area contributed by atoms with Crippen LogP contribution < -0.4 is 5.32 Å². The summed E-state index contributed by atoms with van der Waals surface area (Å²) in [5, 5.41) is 7.84. The number of benzene rings is 1. The topological polar surface area (TPSA) is 29.9 Å². The third-order valence-electron chi connectivity index (χ3n) is 3.83. The van der Waals surface area contributed by atoms with E-state index < -0.39 is 0 Å². The van der Waals surface area contributed by atoms with Crippen molar-refractivity contribution in [1.29, 1.82) is 0 Å². The highest BCUT2D eigenvalue weighted by molar-refractivity contribution is 5.30. The van der Waals surface area contributed by atoms with E-state index in [-0.39, 0.29) is 5.41 Å². The summed E-state index contributed by atoms with van der Waals surface area (Å²) < 4.78 is 1.86. The van der Waals surface area contributed by atoms with E-state index in [1.165, 1.54) is 16.7 Å². The van der Waals surface area contributed by atoms with E-state index in [2.05, 4.69) is 68.6 Å². The second-order valence-electron chi connectivity index (χ2n) is 6.71. The number of nitrogens with zero attached hydrogens (tertiary/aromatic N) is 2. The monoisotopic (exact) mass is 285 g/mol. The molecule has 1 aromatic heterocycles. The molecule has 2 aromatic rings. The van der Waals surface area contributed by atoms with Crippen molar-refractivity contribution in [3.05, 3.63) is 53.3 Å². The first-order chi connectivity index (χ1) is 9.90. The van der Waals surface area contributed by atoms with Gasteiger partial charge in [-0.2, -0.15) is 5.10 Å². The minimum atomic E-state index is 0.204. The van der Waals surface area contributed by atoms with Gasteiger partial charge in [0.1, 0.15) is 0 Å². The number of rotatable bonds is 5. The summed E-state index contributed by atoms with van der Waals surface area (Å²) in [6.07, 6.45) is 5.01. The Morgan fingerprint density at radius 3 is 2.33 bits per heavy atom. The first-order valence-electron chi connectivity index (χ1n) is 7.71. The fourth-order valence-corrected chi connectivity index (χ4v) is 2.58. The summed E-state index contributed by atoms with van der Waals surface area (Å²) in [5.41, 5.74) is 4.19. The molecule has 3 nitrogen and oxygen atoms in total. The molecule has 2 rings (SSSR count). The lowest BCUT2D eigenvalue weighted by molar-refractivity contribution is 0.547. The minimum Gasteiger partial charge on any atom is -0.310 e. The van der Waals surface area contributed by atoms with Crippen LogP contribution in [0.4, 0.5) is 0 Å². The fourth-order valence-electron chi connectivity index (χ4n) is 2.58. The smallest absolute Gasteiger partial charge is 0.0522 e. The van der Waals surface area contributed by atoms with E-state index in [9.17, 15) is 0 Å². The molecular formula is C18H27N3. The van der Waals surface area contributed by atoms with Crippen molar-refractivity contribution in [2.45, 2.75) is 45.6 Å². The van der Waals surface area contributed by atoms with Gasteiger partial charge in [-0.25, -0.2) is 0 Å². The molecule has 0 aliphatic heterocycles. The number of nitrogens with one attached hydrogen (secondary N) is 1. The molecule has 0 saturated carbocycles. The predicted molar refractivity (Wildman–Crippen MR) is 88.5 cm³/mol. The van der Waals surface area contributed by atoms with E-state index in [1.807, 2.05) is 17.9 Å². The average molecular weight is 285 g/mol. The van der Waals surface area contributed by atoms with Crippen LogP contribution in [0.5, 0.6) is 0 Å². The van der Waals surface area contributed by atoms with Gasteiger partial charge in [0.15, 0.2) is 0 Å². The summed E-state index contributed by atoms with van der Waals surface area (Å²) in [6.45, 7) is 9.87. The van der Waals surface area contributed by atoms with Gasteiger partial charge in [-0.3, -0.25) is 4.68 Å². The Bertz CT molecular complexity index is 561. The Hall–Kier alpha value is -1.61. The van der Waals surface area contributed by atoms with Crippen LogP contribution in [0, 0.1) is 0 Å². The van der Waals surface area contributed by atoms with Crippen LogP contribution in [0.3, 0.4) is 0 Å². The van der Waals surface area contributed by atoms with Crippen molar-refractivity contribution >= 4 is 0 Å². The van der Waals surface area contributed by atoms with E-state index in [0.29, 0.717) is 6.04 Å². The van der Waals surface area contributed by atoms with Crippen molar-refractivity contribution in [3.63, 3.8) is 0 Å². The van der Waals surface area contributed by atoms with Gasteiger partial charge in [0.05, 0.1) is 6.20 Å². The molecule has 0 amide bonds. The summed E-state index contributed by atoms with van der Waals surface area (Å²) in [7, 11) is 1.96. The second-order valence-corrected chi connectivity index (χ2v) is 6.71. The molecule has 0 aliphatic carbocycles. The van der Waals surface area contributed by atoms with Gasteiger partial charge in [0, 0.05) is 19.3 Å². The highest BCUT2D eigenvalue weighted by atomic mass is 15.2. The maximum Gasteiger partial charge on any atom is 0.0522 e. The van der Waals surface area contributed by atoms with Crippen molar-refractivity contribution in [2.24, 2.45) is 7.05 Å². The summed E-state index contributed by atoms with van der Waals surface area (Å²) in [5.74, 6) is 0. The lowest BCUT2D eigenvalue weighted by Gasteiger charge is -2.22. The van der Waals surface area contributed by atoms with Crippen molar-refractivity contribution < 1.29 is 0 Å². The van der Waals surface area contributed by atoms with Crippen molar-refractivity contribution in [3.8, 4) is 0 Å². The zero-order chi connectivity index (χ0) is 15.5. The molecule has 0 aliphatic rings. The van der Waals surface area contributed by atoms with E-state index in [4.69, 9.17) is 0 Å². The highest BCUT2D eigenvalue weighted by Gasteiger charge is 2.16. The normalized spacial score (nSPS) is 13.4. The third-order valence-corrected chi connectivity index (χ3v) is 3.83. The number of likely N-dealkylation sites (N-methyl/N-ethyl adjacent to an activating group) is 1. The first kappa shape index (κ1) is 15.8. The van der Waals surface area contributed by atoms with Crippen LogP contribution in [-0.2, 0) is 18.9 Å². The van der Waals surface area contributed by atoms with Gasteiger partial charge in [0.25, 0.3) is 0 Å². The van der Waals surface area contributed by atoms with Crippen LogP contribution in [0.1, 0.15) is 50.4 Å². The van der Waals surface area contributed by atoms with Crippen LogP contribution >= 0.6 is 0 Å². The van der Waals surface area contributed by atoms with Gasteiger partial charge < -0.3 is 5.32 Å². The summed E-state index contributed by atoms with van der Waals surface area (Å²) >= 11 is 0. The maximum absolute atomic E-state index is 4.26. The average Bonchev–Trinajstić information content (AvgIpc) is 2.83. The second kappa shape index (κ2) is 6.44. The van der Waals surface area contributed by atoms with Crippen molar-refractivity contribution in [1.82, 2.24) is 15.1 Å². The van der Waals surface area contributed by atoms with Gasteiger partial charge in [-0.15, -0.1) is 0 Å². The van der Waals surface area contributed by atoms with Gasteiger partial charge >= 0.3 is 0 Å². The molecule has 1 N–H and O–H groups in total. The van der Waals surface area contributed by atoms with E-state index in [0.717, 1.165) is 13.0 Å². The Morgan fingerprint density at radius 2 is 1.86 bits per heavy atom. The molecule has 0 fully saturated rings. The van der Waals surface area contributed by atoms with Crippen LogP contribution in [0.25, 0.3) is 0 Å². The molecule has 0 bridgehead atoms. The molecular weight excluding hydrogens is 258 g/mol. The molecule has 0 spiro atoms. The Balaban J connectivity index is 2.17. The zero-order valence-electron chi connectivity index (χ0n) is 13.9. The first-order valence-corrected chi connectivity index (χ1v) is 7.71. The van der Waals surface area contributed by atoms with Crippen molar-refractivity contribution in [2.75, 3.05) is 6.54 Å². The van der Waals surface area contributed by atoms with E-state index >= 15 is 0 Å². The zero-order valence-corrected chi connectivity index (χ0v) is 13.9. The minimum absolute atomic E-state index is 0.204. The number of hydrogen-bond acceptors (Lipinski definition) is 2. The number of hydrogen-bond donors (Lipinski definition) is 1. The third kappa shape index (κ3) is 4.18. The summed E-state index contributed by atoms with van der Waals surface area (Å²) in [4.78, 5) is 0. The molecule has 0 saturated heterocycles. The van der Waals surface area contributed by atoms with E-state index in [1.54, 1.807) is 0 Å². The molecule has 1 unspecified atom stereocenters. The van der Waals surface area contributed by atoms with Crippen LogP contribution in [0.15, 0.2) is 36.7 Å². The molecule has 0 radical (unpaired) electrons. The van der Waals surface area contributed by atoms with Crippen LogP contribution in [0.2, 0.25) is 0 Å². The Labute approximate surface area is 128 Å². The molecule has 1 aromatic carbocycles. The fraction of sp³-hybridized carbons (Fsp3) is 0.500. The number of aryl methyl sites for hydroxylation is 1. The molecule has 1 atom stereocenters. The van der Waals surface area contributed by atoms with Gasteiger partial charge in [-0.1, -0.05) is 52.0 Å².